The SMILES string of the molecule is O=C(Nc1nnc(SCc2ccccc2)s1)C1CN(S(=O)(=O)c2ccc(Cl)cc2)c2ccccc2O1. The molecule has 0 saturated carbocycles. The van der Waals surface area contributed by atoms with Crippen molar-refractivity contribution in [3.63, 3.8) is 0 Å². The number of carbonyl (C=O) groups is 1. The van der Waals surface area contributed by atoms with Crippen LogP contribution in [-0.4, -0.2) is 37.2 Å². The van der Waals surface area contributed by atoms with Crippen molar-refractivity contribution in [1.29, 1.82) is 0 Å². The van der Waals surface area contributed by atoms with Gasteiger partial charge in [-0.3, -0.25) is 14.4 Å². The molecule has 36 heavy (non-hydrogen) atoms. The average molecular weight is 559 g/mol. The van der Waals surface area contributed by atoms with Gasteiger partial charge < -0.3 is 4.74 Å². The Bertz CT molecular complexity index is 1480. The molecule has 5 rings (SSSR count). The molecule has 12 heteroatoms. The molecule has 1 aliphatic rings. The number of thioether (sulfide) groups is 1. The minimum absolute atomic E-state index is 0.0620. The number of hydrogen-bond acceptors (Lipinski definition) is 8. The molecule has 0 radical (unpaired) electrons. The van der Waals surface area contributed by atoms with Gasteiger partial charge in [0.05, 0.1) is 17.1 Å². The van der Waals surface area contributed by atoms with Crippen LogP contribution >= 0.6 is 34.7 Å². The summed E-state index contributed by atoms with van der Waals surface area (Å²) in [7, 11) is -3.98. The number of para-hydroxylation sites is 2. The molecule has 1 unspecified atom stereocenters. The normalized spacial score (nSPS) is 15.1. The van der Waals surface area contributed by atoms with Gasteiger partial charge in [-0.1, -0.05) is 77.2 Å². The lowest BCUT2D eigenvalue weighted by Crippen LogP contribution is -2.48. The van der Waals surface area contributed by atoms with Gasteiger partial charge in [-0.2, -0.15) is 0 Å². The summed E-state index contributed by atoms with van der Waals surface area (Å²) in [4.78, 5) is 13.1. The van der Waals surface area contributed by atoms with Crippen LogP contribution in [0.4, 0.5) is 10.8 Å². The number of fused-ring (bicyclic) bond motifs is 1. The number of halogens is 1. The maximum absolute atomic E-state index is 13.5. The molecule has 1 amide bonds. The van der Waals surface area contributed by atoms with Crippen molar-refractivity contribution in [2.45, 2.75) is 21.1 Å². The molecule has 0 saturated heterocycles. The molecule has 2 heterocycles. The number of sulfonamides is 1. The first-order chi connectivity index (χ1) is 17.4. The van der Waals surface area contributed by atoms with E-state index in [1.54, 1.807) is 24.3 Å². The molecule has 1 N–H and O–H groups in total. The summed E-state index contributed by atoms with van der Waals surface area (Å²) in [5, 5.41) is 11.6. The number of benzene rings is 3. The molecular weight excluding hydrogens is 540 g/mol. The van der Waals surface area contributed by atoms with Gasteiger partial charge in [0, 0.05) is 10.8 Å². The van der Waals surface area contributed by atoms with Crippen LogP contribution < -0.4 is 14.4 Å². The van der Waals surface area contributed by atoms with Gasteiger partial charge in [0.25, 0.3) is 15.9 Å². The van der Waals surface area contributed by atoms with Gasteiger partial charge in [0.2, 0.25) is 5.13 Å². The fraction of sp³-hybridized carbons (Fsp3) is 0.125. The van der Waals surface area contributed by atoms with Crippen molar-refractivity contribution in [2.24, 2.45) is 0 Å². The van der Waals surface area contributed by atoms with E-state index in [9.17, 15) is 13.2 Å². The third-order valence-electron chi connectivity index (χ3n) is 5.27. The minimum atomic E-state index is -3.98. The summed E-state index contributed by atoms with van der Waals surface area (Å²) in [6.45, 7) is -0.206. The molecule has 0 fully saturated rings. The summed E-state index contributed by atoms with van der Waals surface area (Å²) in [5.41, 5.74) is 1.51. The number of ether oxygens (including phenoxy) is 1. The maximum atomic E-state index is 13.5. The second-order valence-electron chi connectivity index (χ2n) is 7.70. The van der Waals surface area contributed by atoms with Crippen LogP contribution in [0, 0.1) is 0 Å². The average Bonchev–Trinajstić information content (AvgIpc) is 3.34. The molecule has 0 aliphatic carbocycles. The van der Waals surface area contributed by atoms with E-state index in [2.05, 4.69) is 15.5 Å². The third-order valence-corrected chi connectivity index (χ3v) is 9.36. The summed E-state index contributed by atoms with van der Waals surface area (Å²) in [5.74, 6) is 0.498. The molecule has 4 aromatic rings. The topological polar surface area (TPSA) is 101 Å². The first-order valence-electron chi connectivity index (χ1n) is 10.8. The van der Waals surface area contributed by atoms with E-state index in [1.807, 2.05) is 30.3 Å². The van der Waals surface area contributed by atoms with Gasteiger partial charge >= 0.3 is 0 Å². The van der Waals surface area contributed by atoms with Crippen molar-refractivity contribution in [3.8, 4) is 5.75 Å². The Kier molecular flexibility index (Phi) is 7.15. The zero-order valence-electron chi connectivity index (χ0n) is 18.6. The Hall–Kier alpha value is -3.12. The second kappa shape index (κ2) is 10.5. The van der Waals surface area contributed by atoms with E-state index in [-0.39, 0.29) is 17.2 Å². The highest BCUT2D eigenvalue weighted by atomic mass is 35.5. The van der Waals surface area contributed by atoms with E-state index in [0.717, 1.165) is 11.3 Å². The van der Waals surface area contributed by atoms with Crippen LogP contribution in [0.2, 0.25) is 5.02 Å². The summed E-state index contributed by atoms with van der Waals surface area (Å²) in [6, 6.07) is 22.5. The van der Waals surface area contributed by atoms with Gasteiger partial charge in [0.1, 0.15) is 5.75 Å². The van der Waals surface area contributed by atoms with E-state index in [0.29, 0.717) is 20.2 Å². The van der Waals surface area contributed by atoms with E-state index < -0.39 is 22.0 Å². The highest BCUT2D eigenvalue weighted by Crippen LogP contribution is 2.37. The maximum Gasteiger partial charge on any atom is 0.269 e. The number of hydrogen-bond donors (Lipinski definition) is 1. The molecule has 184 valence electrons. The molecule has 3 aromatic carbocycles. The lowest BCUT2D eigenvalue weighted by Gasteiger charge is -2.34. The number of aromatic nitrogens is 2. The monoisotopic (exact) mass is 558 g/mol. The molecule has 0 spiro atoms. The quantitative estimate of drug-likeness (QED) is 0.249. The predicted molar refractivity (Wildman–Crippen MR) is 141 cm³/mol. The fourth-order valence-electron chi connectivity index (χ4n) is 3.52. The largest absolute Gasteiger partial charge is 0.476 e. The van der Waals surface area contributed by atoms with Crippen molar-refractivity contribution in [1.82, 2.24) is 10.2 Å². The van der Waals surface area contributed by atoms with Gasteiger partial charge in [-0.05, 0) is 42.0 Å². The standard InChI is InChI=1S/C24H19ClN4O4S3/c25-17-10-12-18(13-11-17)36(31,32)29-14-21(33-20-9-5-4-8-19(20)29)22(30)26-23-27-28-24(35-23)34-15-16-6-2-1-3-7-16/h1-13,21H,14-15H2,(H,26,27,30). The second-order valence-corrected chi connectivity index (χ2v) is 12.2. The first-order valence-corrected chi connectivity index (χ1v) is 14.4. The van der Waals surface area contributed by atoms with Crippen LogP contribution in [0.1, 0.15) is 5.56 Å². The number of nitrogens with zero attached hydrogens (tertiary/aromatic N) is 3. The Morgan fingerprint density at radius 2 is 1.78 bits per heavy atom. The smallest absolute Gasteiger partial charge is 0.269 e. The molecule has 1 atom stereocenters. The number of rotatable bonds is 7. The van der Waals surface area contributed by atoms with Gasteiger partial charge in [0.15, 0.2) is 10.4 Å². The first kappa shape index (κ1) is 24.6. The van der Waals surface area contributed by atoms with Gasteiger partial charge in [-0.15, -0.1) is 10.2 Å². The van der Waals surface area contributed by atoms with Crippen LogP contribution in [0.15, 0.2) is 88.1 Å². The third kappa shape index (κ3) is 5.34. The number of anilines is 2. The molecule has 8 nitrogen and oxygen atoms in total. The lowest BCUT2D eigenvalue weighted by atomic mass is 10.2. The van der Waals surface area contributed by atoms with E-state index in [1.165, 1.54) is 51.7 Å². The molecule has 1 aliphatic heterocycles. The molecule has 1 aromatic heterocycles. The van der Waals surface area contributed by atoms with Crippen LogP contribution in [0.25, 0.3) is 0 Å². The highest BCUT2D eigenvalue weighted by Gasteiger charge is 2.37. The van der Waals surface area contributed by atoms with Crippen molar-refractivity contribution in [3.05, 3.63) is 89.4 Å². The zero-order valence-corrected chi connectivity index (χ0v) is 21.8. The van der Waals surface area contributed by atoms with E-state index >= 15 is 0 Å². The van der Waals surface area contributed by atoms with Crippen molar-refractivity contribution >= 4 is 61.4 Å². The molecular formula is C24H19ClN4O4S3. The number of carbonyl (C=O) groups excluding carboxylic acids is 1. The Morgan fingerprint density at radius 1 is 1.06 bits per heavy atom. The Morgan fingerprint density at radius 3 is 2.56 bits per heavy atom. The summed E-state index contributed by atoms with van der Waals surface area (Å²) < 4.78 is 34.7. The predicted octanol–water partition coefficient (Wildman–Crippen LogP) is 5.08. The Balaban J connectivity index is 1.32. The van der Waals surface area contributed by atoms with Crippen LogP contribution in [0.3, 0.4) is 0 Å². The lowest BCUT2D eigenvalue weighted by molar-refractivity contribution is -0.122. The van der Waals surface area contributed by atoms with Gasteiger partial charge in [-0.25, -0.2) is 8.42 Å². The fourth-order valence-corrected chi connectivity index (χ4v) is 6.84. The highest BCUT2D eigenvalue weighted by molar-refractivity contribution is 8.00. The summed E-state index contributed by atoms with van der Waals surface area (Å²) in [6.07, 6.45) is -1.09. The van der Waals surface area contributed by atoms with Crippen molar-refractivity contribution in [2.75, 3.05) is 16.2 Å². The van der Waals surface area contributed by atoms with Crippen LogP contribution in [-0.2, 0) is 20.6 Å². The summed E-state index contributed by atoms with van der Waals surface area (Å²) >= 11 is 8.69. The van der Waals surface area contributed by atoms with E-state index in [4.69, 9.17) is 16.3 Å². The number of nitrogens with one attached hydrogen (secondary N) is 1. The Labute approximate surface area is 221 Å². The van der Waals surface area contributed by atoms with Crippen LogP contribution in [0.5, 0.6) is 5.75 Å². The van der Waals surface area contributed by atoms with Crippen molar-refractivity contribution < 1.29 is 17.9 Å². The number of amides is 1. The zero-order chi connectivity index (χ0) is 25.1. The minimum Gasteiger partial charge on any atom is -0.476 e. The molecule has 0 bridgehead atoms.